The van der Waals surface area contributed by atoms with Gasteiger partial charge in [-0.05, 0) is 36.4 Å². The molecule has 0 unspecified atom stereocenters. The summed E-state index contributed by atoms with van der Waals surface area (Å²) in [5.41, 5.74) is -0.942. The zero-order valence-electron chi connectivity index (χ0n) is 13.0. The largest absolute Gasteiger partial charge is 0.492 e. The van der Waals surface area contributed by atoms with Crippen LogP contribution >= 0.6 is 0 Å². The molecular formula is C17H15F4NO3. The highest BCUT2D eigenvalue weighted by Gasteiger charge is 2.34. The minimum Gasteiger partial charge on any atom is -0.492 e. The normalized spacial score (nSPS) is 11.0. The Balaban J connectivity index is 1.73. The van der Waals surface area contributed by atoms with Gasteiger partial charge in [-0.2, -0.15) is 13.2 Å². The van der Waals surface area contributed by atoms with Crippen LogP contribution < -0.4 is 14.8 Å². The smallest absolute Gasteiger partial charge is 0.419 e. The van der Waals surface area contributed by atoms with E-state index >= 15 is 0 Å². The molecule has 2 aromatic rings. The zero-order chi connectivity index (χ0) is 18.3. The number of benzene rings is 2. The number of amides is 1. The molecule has 1 amide bonds. The highest BCUT2D eigenvalue weighted by Crippen LogP contribution is 2.35. The Morgan fingerprint density at radius 1 is 1.00 bits per heavy atom. The van der Waals surface area contributed by atoms with E-state index in [-0.39, 0.29) is 13.2 Å². The van der Waals surface area contributed by atoms with Gasteiger partial charge in [0.15, 0.2) is 6.61 Å². The molecule has 0 aliphatic carbocycles. The lowest BCUT2D eigenvalue weighted by Crippen LogP contribution is -2.32. The van der Waals surface area contributed by atoms with Crippen LogP contribution in [0.4, 0.5) is 17.6 Å². The van der Waals surface area contributed by atoms with Crippen molar-refractivity contribution in [1.29, 1.82) is 0 Å². The molecule has 0 aliphatic heterocycles. The van der Waals surface area contributed by atoms with Crippen LogP contribution in [0.3, 0.4) is 0 Å². The van der Waals surface area contributed by atoms with E-state index in [1.807, 2.05) is 0 Å². The number of carbonyl (C=O) groups excluding carboxylic acids is 1. The third kappa shape index (κ3) is 5.98. The van der Waals surface area contributed by atoms with Gasteiger partial charge in [0, 0.05) is 0 Å². The number of halogens is 4. The summed E-state index contributed by atoms with van der Waals surface area (Å²) in [4.78, 5) is 11.6. The van der Waals surface area contributed by atoms with E-state index in [4.69, 9.17) is 9.47 Å². The lowest BCUT2D eigenvalue weighted by molar-refractivity contribution is -0.139. The van der Waals surface area contributed by atoms with E-state index in [0.717, 1.165) is 12.1 Å². The van der Waals surface area contributed by atoms with E-state index in [1.54, 1.807) is 0 Å². The van der Waals surface area contributed by atoms with Crippen molar-refractivity contribution in [3.8, 4) is 11.5 Å². The molecular weight excluding hydrogens is 342 g/mol. The summed E-state index contributed by atoms with van der Waals surface area (Å²) in [6, 6.07) is 10.0. The third-order valence-corrected chi connectivity index (χ3v) is 3.06. The molecule has 0 heterocycles. The second kappa shape index (κ2) is 8.36. The molecule has 0 atom stereocenters. The van der Waals surface area contributed by atoms with Crippen LogP contribution in [0.2, 0.25) is 0 Å². The number of carbonyl (C=O) groups is 1. The van der Waals surface area contributed by atoms with Crippen LogP contribution in [-0.2, 0) is 11.0 Å². The summed E-state index contributed by atoms with van der Waals surface area (Å²) < 4.78 is 61.3. The van der Waals surface area contributed by atoms with E-state index in [1.165, 1.54) is 36.4 Å². The van der Waals surface area contributed by atoms with Gasteiger partial charge in [0.1, 0.15) is 23.9 Å². The Morgan fingerprint density at radius 3 is 2.36 bits per heavy atom. The quantitative estimate of drug-likeness (QED) is 0.610. The first-order chi connectivity index (χ1) is 11.9. The second-order valence-corrected chi connectivity index (χ2v) is 4.93. The third-order valence-electron chi connectivity index (χ3n) is 3.06. The second-order valence-electron chi connectivity index (χ2n) is 4.93. The summed E-state index contributed by atoms with van der Waals surface area (Å²) in [5, 5.41) is 2.45. The maximum Gasteiger partial charge on any atom is 0.419 e. The number of ether oxygens (including phenoxy) is 2. The Bertz CT molecular complexity index is 702. The van der Waals surface area contributed by atoms with Crippen LogP contribution in [0.5, 0.6) is 11.5 Å². The number of nitrogens with one attached hydrogen (secondary N) is 1. The molecule has 0 aromatic heterocycles. The first-order valence-electron chi connectivity index (χ1n) is 7.30. The summed E-state index contributed by atoms with van der Waals surface area (Å²) in [7, 11) is 0. The van der Waals surface area contributed by atoms with Gasteiger partial charge in [0.25, 0.3) is 5.91 Å². The number of alkyl halides is 3. The fraction of sp³-hybridized carbons (Fsp3) is 0.235. The molecule has 4 nitrogen and oxygen atoms in total. The van der Waals surface area contributed by atoms with Crippen molar-refractivity contribution in [2.45, 2.75) is 6.18 Å². The number of rotatable bonds is 7. The van der Waals surface area contributed by atoms with Crippen molar-refractivity contribution >= 4 is 5.91 Å². The predicted molar refractivity (Wildman–Crippen MR) is 81.8 cm³/mol. The van der Waals surface area contributed by atoms with Crippen LogP contribution in [0, 0.1) is 5.82 Å². The topological polar surface area (TPSA) is 47.6 Å². The Labute approximate surface area is 141 Å². The monoisotopic (exact) mass is 357 g/mol. The van der Waals surface area contributed by atoms with Crippen LogP contribution in [0.15, 0.2) is 48.5 Å². The first kappa shape index (κ1) is 18.6. The minimum absolute atomic E-state index is 0.122. The molecule has 0 saturated carbocycles. The molecule has 0 bridgehead atoms. The molecule has 0 spiro atoms. The van der Waals surface area contributed by atoms with Crippen LogP contribution in [0.25, 0.3) is 0 Å². The number of para-hydroxylation sites is 1. The van der Waals surface area contributed by atoms with Gasteiger partial charge in [-0.15, -0.1) is 0 Å². The SMILES string of the molecule is O=C(COc1ccccc1C(F)(F)F)NCCOc1ccc(F)cc1. The molecule has 0 radical (unpaired) electrons. The van der Waals surface area contributed by atoms with Gasteiger partial charge in [0.05, 0.1) is 12.1 Å². The highest BCUT2D eigenvalue weighted by atomic mass is 19.4. The summed E-state index contributed by atoms with van der Waals surface area (Å²) in [6.45, 7) is -0.305. The summed E-state index contributed by atoms with van der Waals surface area (Å²) >= 11 is 0. The fourth-order valence-corrected chi connectivity index (χ4v) is 1.91. The van der Waals surface area contributed by atoms with Crippen LogP contribution in [0.1, 0.15) is 5.56 Å². The molecule has 8 heteroatoms. The molecule has 2 aromatic carbocycles. The first-order valence-corrected chi connectivity index (χ1v) is 7.30. The van der Waals surface area contributed by atoms with Crippen molar-refractivity contribution in [3.63, 3.8) is 0 Å². The van der Waals surface area contributed by atoms with Crippen molar-refractivity contribution in [3.05, 3.63) is 59.9 Å². The van der Waals surface area contributed by atoms with Gasteiger partial charge in [0.2, 0.25) is 0 Å². The lowest BCUT2D eigenvalue weighted by Gasteiger charge is -2.13. The van der Waals surface area contributed by atoms with E-state index in [0.29, 0.717) is 5.75 Å². The van der Waals surface area contributed by atoms with Gasteiger partial charge in [-0.25, -0.2) is 4.39 Å². The standard InChI is InChI=1S/C17H15F4NO3/c18-12-5-7-13(8-6-12)24-10-9-22-16(23)11-25-15-4-2-1-3-14(15)17(19,20)21/h1-8H,9-11H2,(H,22,23). The van der Waals surface area contributed by atoms with Gasteiger partial charge in [-0.1, -0.05) is 12.1 Å². The number of hydrogen-bond acceptors (Lipinski definition) is 3. The fourth-order valence-electron chi connectivity index (χ4n) is 1.91. The van der Waals surface area contributed by atoms with Crippen molar-refractivity contribution in [2.24, 2.45) is 0 Å². The van der Waals surface area contributed by atoms with Crippen LogP contribution in [-0.4, -0.2) is 25.7 Å². The van der Waals surface area contributed by atoms with E-state index in [2.05, 4.69) is 5.32 Å². The highest BCUT2D eigenvalue weighted by molar-refractivity contribution is 5.77. The average Bonchev–Trinajstić information content (AvgIpc) is 2.58. The predicted octanol–water partition coefficient (Wildman–Crippen LogP) is 3.42. The zero-order valence-corrected chi connectivity index (χ0v) is 13.0. The van der Waals surface area contributed by atoms with Crippen molar-refractivity contribution in [2.75, 3.05) is 19.8 Å². The van der Waals surface area contributed by atoms with Gasteiger partial charge >= 0.3 is 6.18 Å². The Morgan fingerprint density at radius 2 is 1.68 bits per heavy atom. The molecule has 2 rings (SSSR count). The maximum absolute atomic E-state index is 12.8. The van der Waals surface area contributed by atoms with E-state index in [9.17, 15) is 22.4 Å². The van der Waals surface area contributed by atoms with E-state index < -0.39 is 35.8 Å². The molecule has 0 saturated heterocycles. The van der Waals surface area contributed by atoms with Crippen molar-refractivity contribution < 1.29 is 31.8 Å². The minimum atomic E-state index is -4.56. The molecule has 0 fully saturated rings. The lowest BCUT2D eigenvalue weighted by atomic mass is 10.2. The summed E-state index contributed by atoms with van der Waals surface area (Å²) in [5.74, 6) is -0.949. The molecule has 25 heavy (non-hydrogen) atoms. The Hall–Kier alpha value is -2.77. The van der Waals surface area contributed by atoms with Crippen molar-refractivity contribution in [1.82, 2.24) is 5.32 Å². The molecule has 134 valence electrons. The van der Waals surface area contributed by atoms with Gasteiger partial charge in [-0.3, -0.25) is 4.79 Å². The average molecular weight is 357 g/mol. The molecule has 1 N–H and O–H groups in total. The maximum atomic E-state index is 12.8. The van der Waals surface area contributed by atoms with Gasteiger partial charge < -0.3 is 14.8 Å². The molecule has 0 aliphatic rings. The number of hydrogen-bond donors (Lipinski definition) is 1. The Kier molecular flexibility index (Phi) is 6.21. The summed E-state index contributed by atoms with van der Waals surface area (Å²) in [6.07, 6.45) is -4.56.